The van der Waals surface area contributed by atoms with Gasteiger partial charge in [0.05, 0.1) is 6.33 Å². The van der Waals surface area contributed by atoms with E-state index in [0.717, 1.165) is 23.2 Å². The average Bonchev–Trinajstić information content (AvgIpc) is 3.18. The van der Waals surface area contributed by atoms with Crippen LogP contribution in [0.25, 0.3) is 0 Å². The Balaban J connectivity index is 1.47. The molecule has 7 nitrogen and oxygen atoms in total. The summed E-state index contributed by atoms with van der Waals surface area (Å²) in [5, 5.41) is 8.42. The Hall–Kier alpha value is -3.61. The van der Waals surface area contributed by atoms with Crippen molar-refractivity contribution in [2.75, 3.05) is 5.32 Å². The van der Waals surface area contributed by atoms with Crippen LogP contribution in [-0.2, 0) is 24.4 Å². The summed E-state index contributed by atoms with van der Waals surface area (Å²) in [6.45, 7) is 3.02. The minimum atomic E-state index is -0.245. The molecule has 0 fully saturated rings. The fourth-order valence-corrected chi connectivity index (χ4v) is 2.82. The van der Waals surface area contributed by atoms with E-state index >= 15 is 0 Å². The molecule has 0 atom stereocenters. The number of hydrogen-bond donors (Lipinski definition) is 3. The van der Waals surface area contributed by atoms with Crippen LogP contribution in [0.15, 0.2) is 67.3 Å². The molecule has 0 saturated carbocycles. The van der Waals surface area contributed by atoms with E-state index in [1.54, 1.807) is 12.5 Å². The molecule has 3 rings (SSSR count). The van der Waals surface area contributed by atoms with E-state index in [1.165, 1.54) is 6.92 Å². The molecule has 7 heteroatoms. The molecule has 0 spiro atoms. The number of urea groups is 1. The van der Waals surface area contributed by atoms with Crippen molar-refractivity contribution in [2.45, 2.75) is 26.6 Å². The van der Waals surface area contributed by atoms with Gasteiger partial charge in [-0.2, -0.15) is 0 Å². The molecule has 0 saturated heterocycles. The van der Waals surface area contributed by atoms with Gasteiger partial charge in [0, 0.05) is 44.6 Å². The summed E-state index contributed by atoms with van der Waals surface area (Å²) in [6, 6.07) is 15.2. The molecule has 0 aliphatic rings. The van der Waals surface area contributed by atoms with Gasteiger partial charge in [0.15, 0.2) is 0 Å². The molecular formula is C21H23N5O2. The normalized spacial score (nSPS) is 10.3. The maximum Gasteiger partial charge on any atom is 0.315 e. The van der Waals surface area contributed by atoms with Crippen LogP contribution >= 0.6 is 0 Å². The highest BCUT2D eigenvalue weighted by molar-refractivity contribution is 5.88. The molecule has 1 aromatic heterocycles. The number of anilines is 1. The van der Waals surface area contributed by atoms with Crippen LogP contribution in [0.1, 0.15) is 23.6 Å². The molecular weight excluding hydrogens is 354 g/mol. The van der Waals surface area contributed by atoms with E-state index in [0.29, 0.717) is 18.8 Å². The predicted molar refractivity (Wildman–Crippen MR) is 108 cm³/mol. The summed E-state index contributed by atoms with van der Waals surface area (Å²) in [7, 11) is 0. The monoisotopic (exact) mass is 377 g/mol. The van der Waals surface area contributed by atoms with Gasteiger partial charge in [0.1, 0.15) is 0 Å². The summed E-state index contributed by atoms with van der Waals surface area (Å²) < 4.78 is 1.99. The van der Waals surface area contributed by atoms with Crippen molar-refractivity contribution in [3.05, 3.63) is 83.9 Å². The van der Waals surface area contributed by atoms with Gasteiger partial charge < -0.3 is 20.5 Å². The number of rotatable bonds is 7. The van der Waals surface area contributed by atoms with E-state index in [2.05, 4.69) is 27.0 Å². The first-order valence-electron chi connectivity index (χ1n) is 9.00. The van der Waals surface area contributed by atoms with E-state index in [4.69, 9.17) is 0 Å². The van der Waals surface area contributed by atoms with Gasteiger partial charge in [0.2, 0.25) is 5.91 Å². The molecule has 2 aromatic carbocycles. The summed E-state index contributed by atoms with van der Waals surface area (Å²) in [6.07, 6.45) is 5.44. The van der Waals surface area contributed by atoms with E-state index in [9.17, 15) is 9.59 Å². The molecule has 3 N–H and O–H groups in total. The van der Waals surface area contributed by atoms with Crippen molar-refractivity contribution in [3.63, 3.8) is 0 Å². The lowest BCUT2D eigenvalue weighted by atomic mass is 10.1. The van der Waals surface area contributed by atoms with Gasteiger partial charge in [-0.3, -0.25) is 4.79 Å². The Morgan fingerprint density at radius 3 is 2.32 bits per heavy atom. The van der Waals surface area contributed by atoms with Gasteiger partial charge in [0.25, 0.3) is 0 Å². The highest BCUT2D eigenvalue weighted by Crippen LogP contribution is 2.10. The van der Waals surface area contributed by atoms with Crippen LogP contribution in [0.3, 0.4) is 0 Å². The Labute approximate surface area is 163 Å². The van der Waals surface area contributed by atoms with Crippen LogP contribution in [0.4, 0.5) is 10.5 Å². The third-order valence-electron chi connectivity index (χ3n) is 4.07. The van der Waals surface area contributed by atoms with Gasteiger partial charge in [-0.25, -0.2) is 9.78 Å². The highest BCUT2D eigenvalue weighted by Gasteiger charge is 2.03. The number of carbonyl (C=O) groups is 2. The third kappa shape index (κ3) is 5.98. The van der Waals surface area contributed by atoms with Crippen LogP contribution in [-0.4, -0.2) is 21.5 Å². The zero-order valence-corrected chi connectivity index (χ0v) is 15.7. The average molecular weight is 377 g/mol. The number of amides is 3. The van der Waals surface area contributed by atoms with Crippen molar-refractivity contribution in [1.29, 1.82) is 0 Å². The van der Waals surface area contributed by atoms with Crippen molar-refractivity contribution < 1.29 is 9.59 Å². The lowest BCUT2D eigenvalue weighted by Gasteiger charge is -2.10. The number of nitrogens with one attached hydrogen (secondary N) is 3. The smallest absolute Gasteiger partial charge is 0.315 e. The standard InChI is InChI=1S/C21H23N5O2/c1-16(27)25-20-7-3-5-18(11-20)13-24-21(28)23-12-17-4-2-6-19(10-17)14-26-9-8-22-15-26/h2-11,15H,12-14H2,1H3,(H,25,27)(H2,23,24,28). The molecule has 0 radical (unpaired) electrons. The van der Waals surface area contributed by atoms with Crippen LogP contribution in [0, 0.1) is 0 Å². The molecule has 3 amide bonds. The van der Waals surface area contributed by atoms with Crippen molar-refractivity contribution in [2.24, 2.45) is 0 Å². The first kappa shape index (κ1) is 19.2. The highest BCUT2D eigenvalue weighted by atomic mass is 16.2. The Kier molecular flexibility index (Phi) is 6.41. The topological polar surface area (TPSA) is 88.0 Å². The lowest BCUT2D eigenvalue weighted by molar-refractivity contribution is -0.114. The largest absolute Gasteiger partial charge is 0.334 e. The minimum absolute atomic E-state index is 0.127. The Morgan fingerprint density at radius 1 is 0.964 bits per heavy atom. The molecule has 1 heterocycles. The summed E-state index contributed by atoms with van der Waals surface area (Å²) in [4.78, 5) is 27.3. The van der Waals surface area contributed by atoms with Gasteiger partial charge in [-0.05, 0) is 28.8 Å². The van der Waals surface area contributed by atoms with Crippen LogP contribution in [0.5, 0.6) is 0 Å². The third-order valence-corrected chi connectivity index (χ3v) is 4.07. The number of benzene rings is 2. The van der Waals surface area contributed by atoms with E-state index in [1.807, 2.05) is 53.2 Å². The maximum atomic E-state index is 12.1. The Bertz CT molecular complexity index is 937. The zero-order chi connectivity index (χ0) is 19.8. The van der Waals surface area contributed by atoms with Gasteiger partial charge >= 0.3 is 6.03 Å². The summed E-state index contributed by atoms with van der Waals surface area (Å²) in [5.41, 5.74) is 3.79. The lowest BCUT2D eigenvalue weighted by Crippen LogP contribution is -2.34. The number of aromatic nitrogens is 2. The second-order valence-corrected chi connectivity index (χ2v) is 6.47. The summed E-state index contributed by atoms with van der Waals surface area (Å²) in [5.74, 6) is -0.127. The Morgan fingerprint density at radius 2 is 1.64 bits per heavy atom. The number of imidazole rings is 1. The molecule has 144 valence electrons. The molecule has 0 bridgehead atoms. The fraction of sp³-hybridized carbons (Fsp3) is 0.190. The number of carbonyl (C=O) groups excluding carboxylic acids is 2. The van der Waals surface area contributed by atoms with E-state index < -0.39 is 0 Å². The van der Waals surface area contributed by atoms with Crippen molar-refractivity contribution >= 4 is 17.6 Å². The predicted octanol–water partition coefficient (Wildman–Crippen LogP) is 2.89. The molecule has 0 aliphatic carbocycles. The van der Waals surface area contributed by atoms with Crippen molar-refractivity contribution in [3.8, 4) is 0 Å². The van der Waals surface area contributed by atoms with E-state index in [-0.39, 0.29) is 11.9 Å². The quantitative estimate of drug-likeness (QED) is 0.592. The second-order valence-electron chi connectivity index (χ2n) is 6.47. The molecule has 0 aliphatic heterocycles. The zero-order valence-electron chi connectivity index (χ0n) is 15.7. The first-order valence-corrected chi connectivity index (χ1v) is 9.00. The molecule has 0 unspecified atom stereocenters. The first-order chi connectivity index (χ1) is 13.6. The van der Waals surface area contributed by atoms with Gasteiger partial charge in [-0.15, -0.1) is 0 Å². The van der Waals surface area contributed by atoms with Crippen molar-refractivity contribution in [1.82, 2.24) is 20.2 Å². The van der Waals surface area contributed by atoms with Crippen LogP contribution in [0.2, 0.25) is 0 Å². The molecule has 3 aromatic rings. The van der Waals surface area contributed by atoms with Gasteiger partial charge in [-0.1, -0.05) is 36.4 Å². The fourth-order valence-electron chi connectivity index (χ4n) is 2.82. The number of nitrogens with zero attached hydrogens (tertiary/aromatic N) is 2. The summed E-state index contributed by atoms with van der Waals surface area (Å²) >= 11 is 0. The number of hydrogen-bond acceptors (Lipinski definition) is 3. The second kappa shape index (κ2) is 9.36. The minimum Gasteiger partial charge on any atom is -0.334 e. The maximum absolute atomic E-state index is 12.1. The SMILES string of the molecule is CC(=O)Nc1cccc(CNC(=O)NCc2cccc(Cn3ccnc3)c2)c1. The molecule has 28 heavy (non-hydrogen) atoms. The van der Waals surface area contributed by atoms with Crippen LogP contribution < -0.4 is 16.0 Å².